The second kappa shape index (κ2) is 7.35. The second-order valence-corrected chi connectivity index (χ2v) is 8.83. The lowest BCUT2D eigenvalue weighted by Crippen LogP contribution is -2.26. The molecule has 0 aliphatic heterocycles. The van der Waals surface area contributed by atoms with Gasteiger partial charge in [0.15, 0.2) is 0 Å². The summed E-state index contributed by atoms with van der Waals surface area (Å²) in [6.45, 7) is 10.9. The van der Waals surface area contributed by atoms with Crippen molar-refractivity contribution in [3.05, 3.63) is 59.3 Å². The maximum absolute atomic E-state index is 5.80. The number of hydrogen-bond acceptors (Lipinski definition) is 4. The van der Waals surface area contributed by atoms with E-state index in [9.17, 15) is 0 Å². The van der Waals surface area contributed by atoms with Crippen molar-refractivity contribution in [2.45, 2.75) is 52.4 Å². The molecule has 4 aromatic rings. The lowest BCUT2D eigenvalue weighted by molar-refractivity contribution is 0.379. The van der Waals surface area contributed by atoms with Crippen LogP contribution < -0.4 is 9.47 Å². The maximum atomic E-state index is 5.80. The SMILES string of the molecule is COc1cc(CC(C)(C)c2c(OC)cc(C)c3nccn23)n2nccc2c1C(C)C. The van der Waals surface area contributed by atoms with Gasteiger partial charge in [-0.1, -0.05) is 27.7 Å². The number of fused-ring (bicyclic) bond motifs is 2. The molecule has 0 amide bonds. The van der Waals surface area contributed by atoms with E-state index in [4.69, 9.17) is 9.47 Å². The largest absolute Gasteiger partial charge is 0.496 e. The fraction of sp³-hybridized carbons (Fsp3) is 0.417. The average molecular weight is 407 g/mol. The minimum absolute atomic E-state index is 0.249. The summed E-state index contributed by atoms with van der Waals surface area (Å²) in [5.74, 6) is 2.11. The van der Waals surface area contributed by atoms with Gasteiger partial charge in [-0.05, 0) is 30.5 Å². The summed E-state index contributed by atoms with van der Waals surface area (Å²) in [4.78, 5) is 4.54. The van der Waals surface area contributed by atoms with Gasteiger partial charge in [0.2, 0.25) is 0 Å². The first-order chi connectivity index (χ1) is 14.3. The van der Waals surface area contributed by atoms with Crippen molar-refractivity contribution in [1.82, 2.24) is 19.0 Å². The van der Waals surface area contributed by atoms with Gasteiger partial charge in [0.05, 0.1) is 31.6 Å². The summed E-state index contributed by atoms with van der Waals surface area (Å²) >= 11 is 0. The quantitative estimate of drug-likeness (QED) is 0.455. The van der Waals surface area contributed by atoms with Crippen molar-refractivity contribution >= 4 is 11.2 Å². The van der Waals surface area contributed by atoms with Crippen LogP contribution in [-0.2, 0) is 11.8 Å². The van der Waals surface area contributed by atoms with Gasteiger partial charge in [-0.2, -0.15) is 5.10 Å². The van der Waals surface area contributed by atoms with E-state index in [-0.39, 0.29) is 5.41 Å². The zero-order chi connectivity index (χ0) is 21.6. The molecule has 6 heteroatoms. The molecule has 0 atom stereocenters. The van der Waals surface area contributed by atoms with E-state index in [2.05, 4.69) is 67.3 Å². The van der Waals surface area contributed by atoms with Gasteiger partial charge in [-0.15, -0.1) is 0 Å². The Morgan fingerprint density at radius 1 is 1.07 bits per heavy atom. The Morgan fingerprint density at radius 2 is 1.80 bits per heavy atom. The van der Waals surface area contributed by atoms with Crippen molar-refractivity contribution in [2.24, 2.45) is 0 Å². The molecule has 0 aliphatic carbocycles. The van der Waals surface area contributed by atoms with Crippen LogP contribution in [0.15, 0.2) is 36.8 Å². The molecule has 30 heavy (non-hydrogen) atoms. The van der Waals surface area contributed by atoms with E-state index in [1.807, 2.05) is 23.1 Å². The van der Waals surface area contributed by atoms with Crippen LogP contribution in [0.2, 0.25) is 0 Å². The average Bonchev–Trinajstić information content (AvgIpc) is 3.36. The number of aromatic nitrogens is 4. The topological polar surface area (TPSA) is 53.1 Å². The fourth-order valence-corrected chi connectivity index (χ4v) is 4.60. The van der Waals surface area contributed by atoms with Crippen LogP contribution >= 0.6 is 0 Å². The Labute approximate surface area is 177 Å². The standard InChI is InChI=1S/C24H30N4O2/c1-15(2)21-18-8-9-26-28(18)17(13-19(21)29-6)14-24(4,5)22-20(30-7)12-16(3)23-25-10-11-27(22)23/h8-13,15H,14H2,1-7H3. The number of methoxy groups -OCH3 is 2. The number of aryl methyl sites for hydroxylation is 1. The van der Waals surface area contributed by atoms with E-state index in [0.717, 1.165) is 46.0 Å². The van der Waals surface area contributed by atoms with Crippen molar-refractivity contribution in [2.75, 3.05) is 14.2 Å². The molecule has 4 heterocycles. The number of nitrogens with zero attached hydrogens (tertiary/aromatic N) is 4. The number of hydrogen-bond donors (Lipinski definition) is 0. The van der Waals surface area contributed by atoms with Crippen molar-refractivity contribution in [3.63, 3.8) is 0 Å². The minimum Gasteiger partial charge on any atom is -0.496 e. The summed E-state index contributed by atoms with van der Waals surface area (Å²) in [5, 5.41) is 4.63. The summed E-state index contributed by atoms with van der Waals surface area (Å²) in [6, 6.07) is 6.27. The number of pyridine rings is 2. The molecule has 0 spiro atoms. The minimum atomic E-state index is -0.249. The summed E-state index contributed by atoms with van der Waals surface area (Å²) < 4.78 is 15.8. The zero-order valence-corrected chi connectivity index (χ0v) is 18.9. The van der Waals surface area contributed by atoms with Crippen LogP contribution in [0.3, 0.4) is 0 Å². The predicted molar refractivity (Wildman–Crippen MR) is 119 cm³/mol. The second-order valence-electron chi connectivity index (χ2n) is 8.83. The molecule has 0 saturated carbocycles. The first-order valence-electron chi connectivity index (χ1n) is 10.3. The third-order valence-electron chi connectivity index (χ3n) is 5.85. The molecule has 6 nitrogen and oxygen atoms in total. The molecule has 0 fully saturated rings. The van der Waals surface area contributed by atoms with Crippen molar-refractivity contribution < 1.29 is 9.47 Å². The van der Waals surface area contributed by atoms with E-state index in [0.29, 0.717) is 5.92 Å². The number of ether oxygens (including phenoxy) is 2. The highest BCUT2D eigenvalue weighted by atomic mass is 16.5. The van der Waals surface area contributed by atoms with Gasteiger partial charge in [0, 0.05) is 41.6 Å². The Balaban J connectivity index is 1.90. The third kappa shape index (κ3) is 3.11. The number of imidazole rings is 1. The molecule has 0 N–H and O–H groups in total. The first kappa shape index (κ1) is 20.3. The van der Waals surface area contributed by atoms with Crippen LogP contribution in [-0.4, -0.2) is 33.2 Å². The lowest BCUT2D eigenvalue weighted by Gasteiger charge is -2.29. The zero-order valence-electron chi connectivity index (χ0n) is 18.9. The highest BCUT2D eigenvalue weighted by molar-refractivity contribution is 5.63. The van der Waals surface area contributed by atoms with Gasteiger partial charge in [0.1, 0.15) is 17.1 Å². The lowest BCUT2D eigenvalue weighted by atomic mass is 9.82. The maximum Gasteiger partial charge on any atom is 0.140 e. The predicted octanol–water partition coefficient (Wildman–Crippen LogP) is 4.95. The third-order valence-corrected chi connectivity index (χ3v) is 5.85. The summed E-state index contributed by atoms with van der Waals surface area (Å²) in [6.07, 6.45) is 6.46. The molecule has 4 rings (SSSR count). The normalized spacial score (nSPS) is 12.3. The van der Waals surface area contributed by atoms with E-state index >= 15 is 0 Å². The van der Waals surface area contributed by atoms with E-state index in [1.165, 1.54) is 5.56 Å². The fourth-order valence-electron chi connectivity index (χ4n) is 4.60. The van der Waals surface area contributed by atoms with Gasteiger partial charge in [-0.3, -0.25) is 4.40 Å². The Hall–Kier alpha value is -3.02. The Bertz CT molecular complexity index is 1220. The molecule has 0 unspecified atom stereocenters. The molecule has 0 aliphatic rings. The molecule has 158 valence electrons. The molecular weight excluding hydrogens is 376 g/mol. The van der Waals surface area contributed by atoms with Gasteiger partial charge < -0.3 is 9.47 Å². The molecule has 0 radical (unpaired) electrons. The van der Waals surface area contributed by atoms with Crippen LogP contribution in [0.5, 0.6) is 11.5 Å². The highest BCUT2D eigenvalue weighted by Crippen LogP contribution is 2.38. The first-order valence-corrected chi connectivity index (χ1v) is 10.3. The van der Waals surface area contributed by atoms with Gasteiger partial charge >= 0.3 is 0 Å². The van der Waals surface area contributed by atoms with Crippen LogP contribution in [0.1, 0.15) is 56.1 Å². The van der Waals surface area contributed by atoms with Gasteiger partial charge in [-0.25, -0.2) is 9.50 Å². The Morgan fingerprint density at radius 3 is 2.47 bits per heavy atom. The van der Waals surface area contributed by atoms with Crippen molar-refractivity contribution in [3.8, 4) is 11.5 Å². The molecule has 0 aromatic carbocycles. The van der Waals surface area contributed by atoms with E-state index in [1.54, 1.807) is 14.2 Å². The molecular formula is C24H30N4O2. The van der Waals surface area contributed by atoms with Gasteiger partial charge in [0.25, 0.3) is 0 Å². The monoisotopic (exact) mass is 406 g/mol. The molecule has 0 saturated heterocycles. The molecule has 0 bridgehead atoms. The van der Waals surface area contributed by atoms with Crippen LogP contribution in [0, 0.1) is 6.92 Å². The smallest absolute Gasteiger partial charge is 0.140 e. The highest BCUT2D eigenvalue weighted by Gasteiger charge is 2.30. The molecule has 4 aromatic heterocycles. The van der Waals surface area contributed by atoms with Crippen LogP contribution in [0.25, 0.3) is 11.2 Å². The Kier molecular flexibility index (Phi) is 4.96. The van der Waals surface area contributed by atoms with E-state index < -0.39 is 0 Å². The summed E-state index contributed by atoms with van der Waals surface area (Å²) in [5.41, 5.74) is 6.26. The van der Waals surface area contributed by atoms with Crippen molar-refractivity contribution in [1.29, 1.82) is 0 Å². The van der Waals surface area contributed by atoms with Crippen LogP contribution in [0.4, 0.5) is 0 Å². The summed E-state index contributed by atoms with van der Waals surface area (Å²) in [7, 11) is 3.46. The number of rotatable bonds is 6.